The third-order valence-electron chi connectivity index (χ3n) is 5.02. The highest BCUT2D eigenvalue weighted by Gasteiger charge is 2.19. The van der Waals surface area contributed by atoms with E-state index in [1.54, 1.807) is 12.2 Å². The Morgan fingerprint density at radius 2 is 1.93 bits per heavy atom. The van der Waals surface area contributed by atoms with Crippen molar-refractivity contribution in [2.75, 3.05) is 44.2 Å². The molecule has 1 aromatic rings. The second-order valence-electron chi connectivity index (χ2n) is 7.36. The van der Waals surface area contributed by atoms with Crippen LogP contribution in [0.25, 0.3) is 0 Å². The van der Waals surface area contributed by atoms with Gasteiger partial charge in [0, 0.05) is 45.5 Å². The Morgan fingerprint density at radius 1 is 1.23 bits per heavy atom. The van der Waals surface area contributed by atoms with E-state index in [0.717, 1.165) is 35.7 Å². The number of allylic oxidation sites excluding steroid dienone is 5. The minimum Gasteiger partial charge on any atom is -0.860 e. The van der Waals surface area contributed by atoms with Crippen LogP contribution < -0.4 is 14.7 Å². The second kappa shape index (κ2) is 10.5. The summed E-state index contributed by atoms with van der Waals surface area (Å²) in [5.41, 5.74) is 3.76. The van der Waals surface area contributed by atoms with Crippen molar-refractivity contribution >= 4 is 22.8 Å². The van der Waals surface area contributed by atoms with Crippen LogP contribution in [-0.2, 0) is 11.3 Å². The van der Waals surface area contributed by atoms with Gasteiger partial charge in [0.15, 0.2) is 0 Å². The van der Waals surface area contributed by atoms with Crippen LogP contribution in [0.3, 0.4) is 0 Å². The minimum atomic E-state index is -1.98. The Bertz CT molecular complexity index is 884. The number of hydrogen-bond donors (Lipinski definition) is 2. The molecule has 8 nitrogen and oxygen atoms in total. The van der Waals surface area contributed by atoms with Gasteiger partial charge in [0.2, 0.25) is 11.3 Å². The molecule has 1 fully saturated rings. The van der Waals surface area contributed by atoms with Crippen molar-refractivity contribution in [2.45, 2.75) is 20.3 Å². The molecule has 30 heavy (non-hydrogen) atoms. The van der Waals surface area contributed by atoms with Crippen LogP contribution in [-0.4, -0.2) is 63.6 Å². The number of rotatable bonds is 7. The van der Waals surface area contributed by atoms with E-state index in [4.69, 9.17) is 4.55 Å². The van der Waals surface area contributed by atoms with Gasteiger partial charge in [-0.25, -0.2) is 13.9 Å². The van der Waals surface area contributed by atoms with Crippen molar-refractivity contribution in [3.8, 4) is 0 Å². The van der Waals surface area contributed by atoms with Gasteiger partial charge < -0.3 is 14.9 Å². The molecular weight excluding hydrogens is 402 g/mol. The number of pyridine rings is 1. The lowest BCUT2D eigenvalue weighted by Crippen LogP contribution is -2.48. The average Bonchev–Trinajstić information content (AvgIpc) is 2.73. The third kappa shape index (κ3) is 6.01. The first-order chi connectivity index (χ1) is 14.4. The maximum Gasteiger partial charge on any atom is 0.231 e. The van der Waals surface area contributed by atoms with Crippen LogP contribution in [0.5, 0.6) is 0 Å². The predicted molar refractivity (Wildman–Crippen MR) is 118 cm³/mol. The summed E-state index contributed by atoms with van der Waals surface area (Å²) in [6.07, 6.45) is 9.82. The fourth-order valence-electron chi connectivity index (χ4n) is 3.50. The van der Waals surface area contributed by atoms with E-state index in [0.29, 0.717) is 38.2 Å². The van der Waals surface area contributed by atoms with E-state index in [9.17, 15) is 9.32 Å². The molecule has 162 valence electrons. The quantitative estimate of drug-likeness (QED) is 0.381. The minimum absolute atomic E-state index is 0.0319. The Labute approximate surface area is 180 Å². The molecule has 0 amide bonds. The molecule has 1 unspecified atom stereocenters. The van der Waals surface area contributed by atoms with Crippen LogP contribution >= 0.6 is 0 Å². The van der Waals surface area contributed by atoms with Crippen LogP contribution in [0.15, 0.2) is 53.0 Å². The maximum absolute atomic E-state index is 12.8. The zero-order valence-electron chi connectivity index (χ0n) is 17.4. The van der Waals surface area contributed by atoms with Crippen LogP contribution in [0.4, 0.5) is 5.82 Å². The van der Waals surface area contributed by atoms with Crippen molar-refractivity contribution in [3.05, 3.63) is 59.2 Å². The first-order valence-electron chi connectivity index (χ1n) is 10.0. The van der Waals surface area contributed by atoms with Gasteiger partial charge in [0.05, 0.1) is 5.71 Å². The van der Waals surface area contributed by atoms with Gasteiger partial charge >= 0.3 is 0 Å². The number of piperazine rings is 1. The van der Waals surface area contributed by atoms with Gasteiger partial charge in [0.1, 0.15) is 5.82 Å². The zero-order valence-corrected chi connectivity index (χ0v) is 18.2. The molecular formula is C21H28N5O3S-. The lowest BCUT2D eigenvalue weighted by Gasteiger charge is -2.41. The standard InChI is InChI=1S/C21H29N5O3S/c1-16-14-17(2)20(23-15-16)25-10-12-26(13-11-25)21(27)18-4-6-19(7-5-18)22-8-3-9-24-30(28)29/h4-7,14-15,24,27H,3,8-13H2,1-2H3,(H,28,29)/p-1. The van der Waals surface area contributed by atoms with Gasteiger partial charge in [-0.3, -0.25) is 9.55 Å². The molecule has 0 radical (unpaired) electrons. The monoisotopic (exact) mass is 430 g/mol. The SMILES string of the molecule is Cc1cnc(N2CCN(C([O-])=C3C=CC(=NCCCNS(=O)O)C=C3)CC2)c(C)c1. The van der Waals surface area contributed by atoms with Gasteiger partial charge in [-0.05, 0) is 55.0 Å². The summed E-state index contributed by atoms with van der Waals surface area (Å²) in [5.74, 6) is 1.03. The number of aromatic nitrogens is 1. The molecule has 0 aromatic carbocycles. The summed E-state index contributed by atoms with van der Waals surface area (Å²) in [5, 5.41) is 12.8. The summed E-state index contributed by atoms with van der Waals surface area (Å²) >= 11 is -1.98. The van der Waals surface area contributed by atoms with Crippen LogP contribution in [0, 0.1) is 13.8 Å². The Morgan fingerprint density at radius 3 is 2.57 bits per heavy atom. The molecule has 9 heteroatoms. The topological polar surface area (TPSA) is 104 Å². The Kier molecular flexibility index (Phi) is 7.78. The number of nitrogens with one attached hydrogen (secondary N) is 1. The van der Waals surface area contributed by atoms with Gasteiger partial charge in [-0.1, -0.05) is 18.2 Å². The largest absolute Gasteiger partial charge is 0.860 e. The van der Waals surface area contributed by atoms with Gasteiger partial charge in [0.25, 0.3) is 0 Å². The average molecular weight is 431 g/mol. The maximum atomic E-state index is 12.8. The second-order valence-corrected chi connectivity index (χ2v) is 8.15. The molecule has 0 saturated carbocycles. The molecule has 2 N–H and O–H groups in total. The highest BCUT2D eigenvalue weighted by Crippen LogP contribution is 2.21. The van der Waals surface area contributed by atoms with Crippen LogP contribution in [0.2, 0.25) is 0 Å². The van der Waals surface area contributed by atoms with E-state index in [1.165, 1.54) is 0 Å². The molecule has 3 rings (SSSR count). The molecule has 1 atom stereocenters. The summed E-state index contributed by atoms with van der Waals surface area (Å²) < 4.78 is 21.6. The van der Waals surface area contributed by atoms with E-state index < -0.39 is 11.3 Å². The fourth-order valence-corrected chi connectivity index (χ4v) is 3.82. The highest BCUT2D eigenvalue weighted by molar-refractivity contribution is 7.77. The Balaban J connectivity index is 1.53. The Hall–Kier alpha value is -2.49. The van der Waals surface area contributed by atoms with Gasteiger partial charge in [-0.15, -0.1) is 0 Å². The highest BCUT2D eigenvalue weighted by atomic mass is 32.2. The molecule has 1 aliphatic heterocycles. The first-order valence-corrected chi connectivity index (χ1v) is 11.1. The van der Waals surface area contributed by atoms with Crippen molar-refractivity contribution in [3.63, 3.8) is 0 Å². The zero-order chi connectivity index (χ0) is 21.5. The van der Waals surface area contributed by atoms with Gasteiger partial charge in [-0.2, -0.15) is 0 Å². The van der Waals surface area contributed by atoms with Crippen molar-refractivity contribution in [2.24, 2.45) is 4.99 Å². The van der Waals surface area contributed by atoms with Crippen molar-refractivity contribution in [1.82, 2.24) is 14.6 Å². The lowest BCUT2D eigenvalue weighted by molar-refractivity contribution is -0.334. The number of anilines is 1. The number of aliphatic imine (C=N–C) groups is 1. The van der Waals surface area contributed by atoms with E-state index in [2.05, 4.69) is 32.6 Å². The molecule has 1 saturated heterocycles. The summed E-state index contributed by atoms with van der Waals surface area (Å²) in [4.78, 5) is 13.1. The number of hydrogen-bond acceptors (Lipinski definition) is 6. The normalized spacial score (nSPS) is 17.4. The smallest absolute Gasteiger partial charge is 0.231 e. The third-order valence-corrected chi connectivity index (χ3v) is 5.47. The van der Waals surface area contributed by atoms with E-state index in [-0.39, 0.29) is 5.88 Å². The van der Waals surface area contributed by atoms with Crippen molar-refractivity contribution in [1.29, 1.82) is 0 Å². The summed E-state index contributed by atoms with van der Waals surface area (Å²) in [7, 11) is 0. The lowest BCUT2D eigenvalue weighted by atomic mass is 10.1. The predicted octanol–water partition coefficient (Wildman–Crippen LogP) is 1.08. The first kappa shape index (κ1) is 22.2. The van der Waals surface area contributed by atoms with Crippen molar-refractivity contribution < 1.29 is 13.9 Å². The number of aryl methyl sites for hydroxylation is 2. The fraction of sp³-hybridized carbons (Fsp3) is 0.429. The number of nitrogens with zero attached hydrogens (tertiary/aromatic N) is 4. The molecule has 1 aliphatic carbocycles. The molecule has 2 heterocycles. The summed E-state index contributed by atoms with van der Waals surface area (Å²) in [6, 6.07) is 2.14. The molecule has 0 bridgehead atoms. The van der Waals surface area contributed by atoms with E-state index >= 15 is 0 Å². The van der Waals surface area contributed by atoms with E-state index in [1.807, 2.05) is 30.2 Å². The summed E-state index contributed by atoms with van der Waals surface area (Å²) in [6.45, 7) is 7.95. The van der Waals surface area contributed by atoms with Crippen LogP contribution in [0.1, 0.15) is 17.5 Å². The molecule has 0 spiro atoms. The molecule has 2 aliphatic rings. The molecule has 1 aromatic heterocycles.